The molecule has 0 bridgehead atoms. The monoisotopic (exact) mass is 460 g/mol. The Morgan fingerprint density at radius 1 is 1.06 bits per heavy atom. The molecule has 2 aromatic carbocycles. The van der Waals surface area contributed by atoms with Crippen molar-refractivity contribution in [1.82, 2.24) is 10.2 Å². The van der Waals surface area contributed by atoms with Gasteiger partial charge >= 0.3 is 0 Å². The molecule has 0 spiro atoms. The van der Waals surface area contributed by atoms with Gasteiger partial charge < -0.3 is 10.2 Å². The molecule has 4 nitrogen and oxygen atoms in total. The van der Waals surface area contributed by atoms with E-state index in [4.69, 9.17) is 11.6 Å². The summed E-state index contributed by atoms with van der Waals surface area (Å²) in [6.07, 6.45) is 2.77. The van der Waals surface area contributed by atoms with Crippen molar-refractivity contribution in [2.24, 2.45) is 0 Å². The van der Waals surface area contributed by atoms with E-state index in [1.165, 1.54) is 0 Å². The average Bonchev–Trinajstić information content (AvgIpc) is 2.78. The van der Waals surface area contributed by atoms with Crippen LogP contribution in [0.2, 0.25) is 5.02 Å². The van der Waals surface area contributed by atoms with Crippen molar-refractivity contribution in [3.8, 4) is 0 Å². The zero-order chi connectivity index (χ0) is 22.6. The quantitative estimate of drug-likeness (QED) is 0.332. The van der Waals surface area contributed by atoms with E-state index in [-0.39, 0.29) is 17.9 Å². The van der Waals surface area contributed by atoms with Gasteiger partial charge in [-0.15, -0.1) is 11.8 Å². The summed E-state index contributed by atoms with van der Waals surface area (Å²) >= 11 is 7.64. The molecular formula is C25H33ClN2O2S. The Bertz CT molecular complexity index is 814. The molecule has 0 fully saturated rings. The Hall–Kier alpha value is -1.98. The molecule has 0 aliphatic heterocycles. The molecule has 0 saturated carbocycles. The van der Waals surface area contributed by atoms with Crippen molar-refractivity contribution in [3.63, 3.8) is 0 Å². The number of hydrogen-bond acceptors (Lipinski definition) is 3. The first-order chi connectivity index (χ1) is 14.9. The van der Waals surface area contributed by atoms with Crippen molar-refractivity contribution in [1.29, 1.82) is 0 Å². The van der Waals surface area contributed by atoms with E-state index in [0.717, 1.165) is 40.5 Å². The summed E-state index contributed by atoms with van der Waals surface area (Å²) in [6, 6.07) is 17.4. The van der Waals surface area contributed by atoms with Crippen LogP contribution in [0.5, 0.6) is 0 Å². The smallest absolute Gasteiger partial charge is 0.242 e. The first kappa shape index (κ1) is 25.3. The Labute approximate surface area is 195 Å². The van der Waals surface area contributed by atoms with Gasteiger partial charge in [0.2, 0.25) is 11.8 Å². The van der Waals surface area contributed by atoms with Crippen LogP contribution < -0.4 is 5.32 Å². The van der Waals surface area contributed by atoms with Crippen molar-refractivity contribution in [3.05, 3.63) is 65.2 Å². The van der Waals surface area contributed by atoms with Crippen LogP contribution in [-0.4, -0.2) is 41.1 Å². The van der Waals surface area contributed by atoms with Crippen molar-refractivity contribution < 1.29 is 9.59 Å². The molecule has 0 heterocycles. The summed E-state index contributed by atoms with van der Waals surface area (Å²) < 4.78 is 0. The van der Waals surface area contributed by atoms with E-state index in [9.17, 15) is 9.59 Å². The van der Waals surface area contributed by atoms with Crippen LogP contribution in [0.15, 0.2) is 59.5 Å². The van der Waals surface area contributed by atoms with Gasteiger partial charge in [0.05, 0.1) is 0 Å². The minimum Gasteiger partial charge on any atom is -0.352 e. The molecule has 0 aromatic heterocycles. The third-order valence-electron chi connectivity index (χ3n) is 5.27. The minimum absolute atomic E-state index is 0.0273. The van der Waals surface area contributed by atoms with Crippen LogP contribution in [-0.2, 0) is 16.0 Å². The lowest BCUT2D eigenvalue weighted by Gasteiger charge is -2.29. The van der Waals surface area contributed by atoms with E-state index in [1.54, 1.807) is 16.7 Å². The number of rotatable bonds is 12. The molecule has 0 radical (unpaired) electrons. The first-order valence-electron chi connectivity index (χ1n) is 10.9. The van der Waals surface area contributed by atoms with Gasteiger partial charge in [0, 0.05) is 28.9 Å². The van der Waals surface area contributed by atoms with Crippen LogP contribution in [0.4, 0.5) is 0 Å². The van der Waals surface area contributed by atoms with Gasteiger partial charge in [0.25, 0.3) is 0 Å². The number of nitrogens with zero attached hydrogens (tertiary/aromatic N) is 1. The number of carbonyl (C=O) groups excluding carboxylic acids is 2. The summed E-state index contributed by atoms with van der Waals surface area (Å²) in [4.78, 5) is 28.6. The number of amides is 2. The second-order valence-electron chi connectivity index (χ2n) is 7.72. The van der Waals surface area contributed by atoms with Crippen LogP contribution in [0, 0.1) is 0 Å². The summed E-state index contributed by atoms with van der Waals surface area (Å²) in [5, 5.41) is 3.73. The third-order valence-corrected chi connectivity index (χ3v) is 6.62. The van der Waals surface area contributed by atoms with E-state index in [2.05, 4.69) is 17.4 Å². The van der Waals surface area contributed by atoms with Crippen LogP contribution >= 0.6 is 23.4 Å². The molecule has 2 amide bonds. The highest BCUT2D eigenvalue weighted by Gasteiger charge is 2.26. The van der Waals surface area contributed by atoms with Gasteiger partial charge in [-0.05, 0) is 68.7 Å². The minimum atomic E-state index is -0.492. The number of hydrogen-bond donors (Lipinski definition) is 1. The first-order valence-corrected chi connectivity index (χ1v) is 12.3. The molecule has 1 N–H and O–H groups in total. The predicted molar refractivity (Wildman–Crippen MR) is 131 cm³/mol. The lowest BCUT2D eigenvalue weighted by Crippen LogP contribution is -2.50. The predicted octanol–water partition coefficient (Wildman–Crippen LogP) is 5.59. The molecule has 2 unspecified atom stereocenters. The Kier molecular flexibility index (Phi) is 11.0. The maximum absolute atomic E-state index is 13.0. The van der Waals surface area contributed by atoms with E-state index in [0.29, 0.717) is 13.0 Å². The fraction of sp³-hybridized carbons (Fsp3) is 0.440. The largest absolute Gasteiger partial charge is 0.352 e. The van der Waals surface area contributed by atoms with E-state index >= 15 is 0 Å². The summed E-state index contributed by atoms with van der Waals surface area (Å²) in [6.45, 7) is 6.37. The molecule has 2 rings (SSSR count). The van der Waals surface area contributed by atoms with Gasteiger partial charge in [-0.3, -0.25) is 9.59 Å². The fourth-order valence-corrected chi connectivity index (χ4v) is 4.10. The van der Waals surface area contributed by atoms with Crippen LogP contribution in [0.1, 0.15) is 45.6 Å². The zero-order valence-electron chi connectivity index (χ0n) is 18.6. The molecule has 31 heavy (non-hydrogen) atoms. The third kappa shape index (κ3) is 8.96. The van der Waals surface area contributed by atoms with Gasteiger partial charge in [-0.25, -0.2) is 0 Å². The van der Waals surface area contributed by atoms with Gasteiger partial charge in [0.1, 0.15) is 6.04 Å². The number of thioether (sulfide) groups is 1. The molecule has 2 aromatic rings. The summed E-state index contributed by atoms with van der Waals surface area (Å²) in [7, 11) is 0. The van der Waals surface area contributed by atoms with Gasteiger partial charge in [-0.2, -0.15) is 0 Å². The van der Waals surface area contributed by atoms with Gasteiger partial charge in [-0.1, -0.05) is 48.9 Å². The summed E-state index contributed by atoms with van der Waals surface area (Å²) in [5.41, 5.74) is 1.16. The normalized spacial score (nSPS) is 12.8. The molecule has 168 valence electrons. The Morgan fingerprint density at radius 3 is 2.39 bits per heavy atom. The highest BCUT2D eigenvalue weighted by molar-refractivity contribution is 7.99. The molecular weight excluding hydrogens is 428 g/mol. The standard InChI is InChI=1S/C25H33ClN2O2S/c1-4-19(2)27-25(30)20(3)28(17-16-21-9-6-5-7-10-21)24(29)11-8-18-31-23-14-12-22(26)13-15-23/h5-7,9-10,12-15,19-20H,4,8,11,16-18H2,1-3H3,(H,27,30). The SMILES string of the molecule is CCC(C)NC(=O)C(C)N(CCc1ccccc1)C(=O)CCCSc1ccc(Cl)cc1. The highest BCUT2D eigenvalue weighted by atomic mass is 35.5. The average molecular weight is 461 g/mol. The fourth-order valence-electron chi connectivity index (χ4n) is 3.12. The maximum atomic E-state index is 13.0. The van der Waals surface area contributed by atoms with Gasteiger partial charge in [0.15, 0.2) is 0 Å². The van der Waals surface area contributed by atoms with Crippen molar-refractivity contribution >= 4 is 35.2 Å². The number of halogens is 1. The lowest BCUT2D eigenvalue weighted by atomic mass is 10.1. The van der Waals surface area contributed by atoms with Crippen LogP contribution in [0.25, 0.3) is 0 Å². The molecule has 0 aliphatic carbocycles. The topological polar surface area (TPSA) is 49.4 Å². The van der Waals surface area contributed by atoms with E-state index in [1.807, 2.05) is 63.2 Å². The number of nitrogens with one attached hydrogen (secondary N) is 1. The Balaban J connectivity index is 1.93. The molecule has 0 saturated heterocycles. The molecule has 0 aliphatic rings. The second-order valence-corrected chi connectivity index (χ2v) is 9.33. The number of carbonyl (C=O) groups is 2. The summed E-state index contributed by atoms with van der Waals surface area (Å²) in [5.74, 6) is 0.776. The molecule has 2 atom stereocenters. The van der Waals surface area contributed by atoms with Crippen molar-refractivity contribution in [2.75, 3.05) is 12.3 Å². The highest BCUT2D eigenvalue weighted by Crippen LogP contribution is 2.21. The van der Waals surface area contributed by atoms with Crippen molar-refractivity contribution in [2.45, 2.75) is 63.4 Å². The Morgan fingerprint density at radius 2 is 1.74 bits per heavy atom. The molecule has 6 heteroatoms. The maximum Gasteiger partial charge on any atom is 0.242 e. The number of benzene rings is 2. The second kappa shape index (κ2) is 13.4. The van der Waals surface area contributed by atoms with Crippen LogP contribution in [0.3, 0.4) is 0 Å². The lowest BCUT2D eigenvalue weighted by molar-refractivity contribution is -0.140. The van der Waals surface area contributed by atoms with E-state index < -0.39 is 6.04 Å². The zero-order valence-corrected chi connectivity index (χ0v) is 20.2.